The summed E-state index contributed by atoms with van der Waals surface area (Å²) in [7, 11) is 0. The van der Waals surface area contributed by atoms with Crippen molar-refractivity contribution in [2.45, 2.75) is 20.8 Å². The molecule has 0 N–H and O–H groups in total. The Morgan fingerprint density at radius 2 is 0.474 bits per heavy atom. The van der Waals surface area contributed by atoms with Crippen LogP contribution in [0.1, 0.15) is 20.8 Å². The third-order valence-corrected chi connectivity index (χ3v) is 1.34. The monoisotopic (exact) mass is 233 g/mol. The van der Waals surface area contributed by atoms with E-state index >= 15 is 0 Å². The SMILES string of the molecule is CCN(CC)CC.[B].[B].[B].[B].[B].[B].[B].[B].[B].[B].[B].[B]. The molecule has 0 aliphatic carbocycles. The topological polar surface area (TPSA) is 3.24 Å². The van der Waals surface area contributed by atoms with Gasteiger partial charge in [0.15, 0.2) is 0 Å². The maximum atomic E-state index is 2.38. The maximum Gasteiger partial charge on any atom is 0 e. The van der Waals surface area contributed by atoms with E-state index in [9.17, 15) is 0 Å². The van der Waals surface area contributed by atoms with Gasteiger partial charge < -0.3 is 4.90 Å². The fraction of sp³-hybridized carbons (Fsp3) is 1.00. The molecule has 0 aliphatic heterocycles. The Kier molecular flexibility index (Phi) is 1040. The molecule has 0 saturated carbocycles. The van der Waals surface area contributed by atoms with Gasteiger partial charge in [0.25, 0.3) is 0 Å². The molecular weight excluding hydrogens is 216 g/mol. The summed E-state index contributed by atoms with van der Waals surface area (Å²) in [6, 6.07) is 0. The maximum absolute atomic E-state index is 2.38. The smallest absolute Gasteiger partial charge is 0 e. The van der Waals surface area contributed by atoms with Crippen molar-refractivity contribution in [2.24, 2.45) is 0 Å². The molecule has 0 fully saturated rings. The molecule has 0 unspecified atom stereocenters. The lowest BCUT2D eigenvalue weighted by atomic mass is 10.5. The molecule has 0 spiro atoms. The zero-order valence-electron chi connectivity index (χ0n) is 12.5. The van der Waals surface area contributed by atoms with Crippen LogP contribution in [0.4, 0.5) is 0 Å². The third kappa shape index (κ3) is 116. The average Bonchev–Trinajstić information content (AvgIpc) is 1.72. The fourth-order valence-electron chi connectivity index (χ4n) is 0.671. The van der Waals surface area contributed by atoms with Gasteiger partial charge in [-0.3, -0.25) is 0 Å². The minimum Gasteiger partial charge on any atom is -0.304 e. The number of nitrogens with zero attached hydrogens (tertiary/aromatic N) is 1. The first-order valence-electron chi connectivity index (χ1n) is 3.07. The highest BCUT2D eigenvalue weighted by Gasteiger charge is 1.89. The summed E-state index contributed by atoms with van der Waals surface area (Å²) in [5.41, 5.74) is 0. The molecule has 0 heterocycles. The summed E-state index contributed by atoms with van der Waals surface area (Å²) in [6.07, 6.45) is 0. The number of hydrogen-bond donors (Lipinski definition) is 0. The lowest BCUT2D eigenvalue weighted by Crippen LogP contribution is -2.21. The van der Waals surface area contributed by atoms with Crippen molar-refractivity contribution in [3.63, 3.8) is 0 Å². The second-order valence-corrected chi connectivity index (χ2v) is 1.62. The van der Waals surface area contributed by atoms with E-state index < -0.39 is 0 Å². The van der Waals surface area contributed by atoms with Crippen molar-refractivity contribution < 1.29 is 0 Å². The molecule has 1 nitrogen and oxygen atoms in total. The Bertz CT molecular complexity index is 43.7. The highest BCUT2D eigenvalue weighted by Crippen LogP contribution is 1.81. The van der Waals surface area contributed by atoms with Crippen LogP contribution < -0.4 is 0 Å². The van der Waals surface area contributed by atoms with Crippen LogP contribution in [0.2, 0.25) is 0 Å². The van der Waals surface area contributed by atoms with Crippen LogP contribution >= 0.6 is 0 Å². The van der Waals surface area contributed by atoms with E-state index in [2.05, 4.69) is 25.7 Å². The predicted molar refractivity (Wildman–Crippen MR) is 103 cm³/mol. The largest absolute Gasteiger partial charge is 0.304 e. The summed E-state index contributed by atoms with van der Waals surface area (Å²) in [6.45, 7) is 10.1. The summed E-state index contributed by atoms with van der Waals surface area (Å²) < 4.78 is 0. The predicted octanol–water partition coefficient (Wildman–Crippen LogP) is -3.22. The Balaban J connectivity index is -0.00000000273. The van der Waals surface area contributed by atoms with E-state index in [4.69, 9.17) is 0 Å². The highest BCUT2D eigenvalue weighted by atomic mass is 15.1. The fourth-order valence-corrected chi connectivity index (χ4v) is 0.671. The molecule has 36 radical (unpaired) electrons. The summed E-state index contributed by atoms with van der Waals surface area (Å²) >= 11 is 0. The molecule has 0 aromatic rings. The second kappa shape index (κ2) is 130. The van der Waals surface area contributed by atoms with Crippen LogP contribution in [0.25, 0.3) is 0 Å². The Morgan fingerprint density at radius 3 is 0.474 bits per heavy atom. The number of hydrogen-bond acceptors (Lipinski definition) is 1. The molecule has 0 bridgehead atoms. The molecule has 0 aliphatic rings. The number of rotatable bonds is 3. The van der Waals surface area contributed by atoms with Gasteiger partial charge in [-0.15, -0.1) is 0 Å². The Labute approximate surface area is 146 Å². The third-order valence-electron chi connectivity index (χ3n) is 1.34. The van der Waals surface area contributed by atoms with Gasteiger partial charge in [-0.2, -0.15) is 0 Å². The van der Waals surface area contributed by atoms with Crippen molar-refractivity contribution >= 4 is 101 Å². The zero-order chi connectivity index (χ0) is 5.70. The molecular formula is C6H15B12N. The van der Waals surface area contributed by atoms with Crippen LogP contribution in [-0.4, -0.2) is 125 Å². The molecule has 13 heteroatoms. The lowest BCUT2D eigenvalue weighted by Gasteiger charge is -2.13. The van der Waals surface area contributed by atoms with Crippen molar-refractivity contribution in [3.8, 4) is 0 Å². The molecule has 0 saturated heterocycles. The van der Waals surface area contributed by atoms with E-state index in [1.807, 2.05) is 0 Å². The lowest BCUT2D eigenvalue weighted by molar-refractivity contribution is 0.321. The minimum absolute atomic E-state index is 0. The van der Waals surface area contributed by atoms with Gasteiger partial charge >= 0.3 is 0 Å². The standard InChI is InChI=1S/C6H15N.12B/c1-4-7(5-2)6-3;;;;;;;;;;;;/h4-6H2,1-3H3;;;;;;;;;;;;. The summed E-state index contributed by atoms with van der Waals surface area (Å²) in [5, 5.41) is 0. The van der Waals surface area contributed by atoms with E-state index in [1.54, 1.807) is 0 Å². The molecule has 80 valence electrons. The van der Waals surface area contributed by atoms with E-state index in [-0.39, 0.29) is 101 Å². The van der Waals surface area contributed by atoms with Crippen LogP contribution in [0, 0.1) is 0 Å². The molecule has 0 aromatic heterocycles. The van der Waals surface area contributed by atoms with Gasteiger partial charge in [0.1, 0.15) is 0 Å². The first kappa shape index (κ1) is 153. The quantitative estimate of drug-likeness (QED) is 0.462. The van der Waals surface area contributed by atoms with Crippen LogP contribution in [0.15, 0.2) is 0 Å². The van der Waals surface area contributed by atoms with Crippen molar-refractivity contribution in [3.05, 3.63) is 0 Å². The molecule has 0 atom stereocenters. The average molecular weight is 231 g/mol. The zero-order valence-corrected chi connectivity index (χ0v) is 12.5. The molecule has 19 heavy (non-hydrogen) atoms. The van der Waals surface area contributed by atoms with E-state index in [1.165, 1.54) is 19.6 Å². The van der Waals surface area contributed by atoms with Crippen LogP contribution in [0.3, 0.4) is 0 Å². The Hall–Kier alpha value is 0.739. The van der Waals surface area contributed by atoms with E-state index in [0.717, 1.165) is 0 Å². The van der Waals surface area contributed by atoms with Crippen LogP contribution in [-0.2, 0) is 0 Å². The molecule has 0 aromatic carbocycles. The minimum atomic E-state index is 0. The van der Waals surface area contributed by atoms with Crippen molar-refractivity contribution in [2.75, 3.05) is 19.6 Å². The normalized spacial score (nSPS) is 3.79. The van der Waals surface area contributed by atoms with Crippen LogP contribution in [0.5, 0.6) is 0 Å². The van der Waals surface area contributed by atoms with Crippen molar-refractivity contribution in [1.29, 1.82) is 0 Å². The summed E-state index contributed by atoms with van der Waals surface area (Å²) in [5.74, 6) is 0. The molecule has 0 amide bonds. The van der Waals surface area contributed by atoms with Gasteiger partial charge in [0.05, 0.1) is 0 Å². The van der Waals surface area contributed by atoms with Gasteiger partial charge in [0, 0.05) is 101 Å². The van der Waals surface area contributed by atoms with Gasteiger partial charge in [-0.25, -0.2) is 0 Å². The van der Waals surface area contributed by atoms with Gasteiger partial charge in [-0.05, 0) is 19.6 Å². The summed E-state index contributed by atoms with van der Waals surface area (Å²) in [4.78, 5) is 2.38. The second-order valence-electron chi connectivity index (χ2n) is 1.62. The van der Waals surface area contributed by atoms with Gasteiger partial charge in [-0.1, -0.05) is 20.8 Å². The van der Waals surface area contributed by atoms with E-state index in [0.29, 0.717) is 0 Å². The first-order chi connectivity index (χ1) is 3.35. The molecule has 0 rings (SSSR count). The van der Waals surface area contributed by atoms with Crippen molar-refractivity contribution in [1.82, 2.24) is 4.90 Å². The Morgan fingerprint density at radius 1 is 0.368 bits per heavy atom. The van der Waals surface area contributed by atoms with Gasteiger partial charge in [0.2, 0.25) is 0 Å². The highest BCUT2D eigenvalue weighted by molar-refractivity contribution is 5.77. The first-order valence-corrected chi connectivity index (χ1v) is 3.07.